The molecule has 0 bridgehead atoms. The van der Waals surface area contributed by atoms with Crippen molar-refractivity contribution in [3.05, 3.63) is 34.9 Å². The minimum Gasteiger partial charge on any atom is -0.0843 e. The topological polar surface area (TPSA) is 0 Å². The van der Waals surface area contributed by atoms with Crippen LogP contribution in [0, 0.1) is 11.8 Å². The van der Waals surface area contributed by atoms with Crippen LogP contribution in [0.5, 0.6) is 0 Å². The number of halogens is 1. The molecule has 1 heteroatoms. The molecule has 78 valence electrons. The fourth-order valence-corrected chi connectivity index (χ4v) is 2.35. The van der Waals surface area contributed by atoms with E-state index in [0.29, 0.717) is 17.8 Å². The number of benzene rings is 1. The average molecular weight is 211 g/mol. The second-order valence-electron chi connectivity index (χ2n) is 4.57. The summed E-state index contributed by atoms with van der Waals surface area (Å²) in [4.78, 5) is 0. The third kappa shape index (κ3) is 2.75. The molecule has 14 heavy (non-hydrogen) atoms. The molecule has 0 spiro atoms. The molecule has 1 aromatic rings. The summed E-state index contributed by atoms with van der Waals surface area (Å²) in [6, 6.07) is 8.25. The van der Waals surface area contributed by atoms with Crippen LogP contribution in [0.3, 0.4) is 0 Å². The summed E-state index contributed by atoms with van der Waals surface area (Å²) in [5.41, 5.74) is 1.40. The van der Waals surface area contributed by atoms with Gasteiger partial charge in [-0.2, -0.15) is 0 Å². The molecule has 0 N–H and O–H groups in total. The molecular weight excluding hydrogens is 192 g/mol. The highest BCUT2D eigenvalue weighted by Gasteiger charge is 2.18. The van der Waals surface area contributed by atoms with Gasteiger partial charge >= 0.3 is 0 Å². The third-order valence-electron chi connectivity index (χ3n) is 2.69. The molecule has 1 rings (SSSR count). The van der Waals surface area contributed by atoms with Gasteiger partial charge in [0.1, 0.15) is 0 Å². The Balaban J connectivity index is 2.94. The highest BCUT2D eigenvalue weighted by atomic mass is 35.5. The highest BCUT2D eigenvalue weighted by Crippen LogP contribution is 2.32. The molecule has 0 atom stereocenters. The maximum atomic E-state index is 5.88. The van der Waals surface area contributed by atoms with Crippen molar-refractivity contribution >= 4 is 11.6 Å². The van der Waals surface area contributed by atoms with Crippen molar-refractivity contribution in [3.8, 4) is 0 Å². The van der Waals surface area contributed by atoms with E-state index < -0.39 is 0 Å². The lowest BCUT2D eigenvalue weighted by atomic mass is 9.80. The molecule has 0 nitrogen and oxygen atoms in total. The molecule has 0 aliphatic carbocycles. The zero-order valence-electron chi connectivity index (χ0n) is 9.42. The van der Waals surface area contributed by atoms with Gasteiger partial charge in [-0.05, 0) is 35.4 Å². The van der Waals surface area contributed by atoms with Gasteiger partial charge in [-0.1, -0.05) is 51.4 Å². The van der Waals surface area contributed by atoms with Crippen LogP contribution >= 0.6 is 11.6 Å². The molecule has 0 saturated carbocycles. The maximum absolute atomic E-state index is 5.88. The summed E-state index contributed by atoms with van der Waals surface area (Å²) in [7, 11) is 0. The Kier molecular flexibility index (Phi) is 4.00. The van der Waals surface area contributed by atoms with Crippen molar-refractivity contribution in [1.29, 1.82) is 0 Å². The minimum absolute atomic E-state index is 0.632. The number of hydrogen-bond donors (Lipinski definition) is 0. The first-order valence-corrected chi connectivity index (χ1v) is 5.65. The Morgan fingerprint density at radius 2 is 1.29 bits per heavy atom. The van der Waals surface area contributed by atoms with Crippen LogP contribution in [0.1, 0.15) is 39.2 Å². The molecule has 0 amide bonds. The monoisotopic (exact) mass is 210 g/mol. The summed E-state index contributed by atoms with van der Waals surface area (Å²) in [5.74, 6) is 1.99. The Labute approximate surface area is 92.3 Å². The molecule has 0 aliphatic heterocycles. The Bertz CT molecular complexity index is 264. The van der Waals surface area contributed by atoms with Crippen LogP contribution in [0.4, 0.5) is 0 Å². The van der Waals surface area contributed by atoms with E-state index in [1.165, 1.54) is 5.56 Å². The third-order valence-corrected chi connectivity index (χ3v) is 2.94. The van der Waals surface area contributed by atoms with Gasteiger partial charge in [0, 0.05) is 5.02 Å². The molecule has 0 heterocycles. The fourth-order valence-electron chi connectivity index (χ4n) is 2.22. The fraction of sp³-hybridized carbons (Fsp3) is 0.538. The quantitative estimate of drug-likeness (QED) is 0.677. The van der Waals surface area contributed by atoms with Crippen molar-refractivity contribution in [2.24, 2.45) is 11.8 Å². The normalized spacial score (nSPS) is 11.7. The predicted molar refractivity (Wildman–Crippen MR) is 63.9 cm³/mol. The van der Waals surface area contributed by atoms with Gasteiger partial charge in [0.15, 0.2) is 0 Å². The van der Waals surface area contributed by atoms with Crippen LogP contribution in [-0.4, -0.2) is 0 Å². The summed E-state index contributed by atoms with van der Waals surface area (Å²) in [6.45, 7) is 9.11. The van der Waals surface area contributed by atoms with Crippen LogP contribution in [0.25, 0.3) is 0 Å². The molecule has 0 saturated heterocycles. The first kappa shape index (κ1) is 11.6. The van der Waals surface area contributed by atoms with Gasteiger partial charge in [-0.15, -0.1) is 0 Å². The van der Waals surface area contributed by atoms with Crippen LogP contribution < -0.4 is 0 Å². The van der Waals surface area contributed by atoms with E-state index in [4.69, 9.17) is 11.6 Å². The van der Waals surface area contributed by atoms with Gasteiger partial charge in [0.05, 0.1) is 0 Å². The van der Waals surface area contributed by atoms with E-state index >= 15 is 0 Å². The average Bonchev–Trinajstić information content (AvgIpc) is 2.07. The van der Waals surface area contributed by atoms with Crippen molar-refractivity contribution in [2.45, 2.75) is 33.6 Å². The van der Waals surface area contributed by atoms with Crippen LogP contribution in [-0.2, 0) is 0 Å². The zero-order valence-corrected chi connectivity index (χ0v) is 10.2. The van der Waals surface area contributed by atoms with E-state index in [1.54, 1.807) is 0 Å². The molecule has 1 aromatic carbocycles. The Morgan fingerprint density at radius 1 is 0.857 bits per heavy atom. The van der Waals surface area contributed by atoms with Gasteiger partial charge in [-0.3, -0.25) is 0 Å². The summed E-state index contributed by atoms with van der Waals surface area (Å²) >= 11 is 5.88. The lowest BCUT2D eigenvalue weighted by Crippen LogP contribution is -2.13. The Morgan fingerprint density at radius 3 is 1.64 bits per heavy atom. The van der Waals surface area contributed by atoms with Crippen LogP contribution in [0.2, 0.25) is 5.02 Å². The number of rotatable bonds is 3. The molecule has 0 fully saturated rings. The largest absolute Gasteiger partial charge is 0.0843 e. The minimum atomic E-state index is 0.632. The van der Waals surface area contributed by atoms with E-state index in [-0.39, 0.29) is 0 Å². The molecule has 0 radical (unpaired) electrons. The van der Waals surface area contributed by atoms with Crippen molar-refractivity contribution in [1.82, 2.24) is 0 Å². The van der Waals surface area contributed by atoms with E-state index in [2.05, 4.69) is 39.8 Å². The van der Waals surface area contributed by atoms with Gasteiger partial charge in [-0.25, -0.2) is 0 Å². The summed E-state index contributed by atoms with van der Waals surface area (Å²) in [6.07, 6.45) is 0. The summed E-state index contributed by atoms with van der Waals surface area (Å²) < 4.78 is 0. The zero-order chi connectivity index (χ0) is 10.7. The molecular formula is C13H19Cl. The predicted octanol–water partition coefficient (Wildman–Crippen LogP) is 4.74. The molecule has 0 aromatic heterocycles. The molecule has 0 aliphatic rings. The van der Waals surface area contributed by atoms with Crippen molar-refractivity contribution < 1.29 is 0 Å². The number of hydrogen-bond acceptors (Lipinski definition) is 0. The first-order valence-electron chi connectivity index (χ1n) is 5.28. The SMILES string of the molecule is CC(C)C(c1ccc(Cl)cc1)C(C)C. The van der Waals surface area contributed by atoms with E-state index in [9.17, 15) is 0 Å². The lowest BCUT2D eigenvalue weighted by molar-refractivity contribution is 0.388. The van der Waals surface area contributed by atoms with Crippen molar-refractivity contribution in [3.63, 3.8) is 0 Å². The second kappa shape index (κ2) is 4.84. The standard InChI is InChI=1S/C13H19Cl/c1-9(2)13(10(3)4)11-5-7-12(14)8-6-11/h5-10,13H,1-4H3. The first-order chi connectivity index (χ1) is 6.52. The lowest BCUT2D eigenvalue weighted by Gasteiger charge is -2.25. The highest BCUT2D eigenvalue weighted by molar-refractivity contribution is 6.30. The van der Waals surface area contributed by atoms with Crippen LogP contribution in [0.15, 0.2) is 24.3 Å². The molecule has 0 unspecified atom stereocenters. The van der Waals surface area contributed by atoms with Gasteiger partial charge in [0.2, 0.25) is 0 Å². The Hall–Kier alpha value is -0.490. The van der Waals surface area contributed by atoms with Crippen molar-refractivity contribution in [2.75, 3.05) is 0 Å². The van der Waals surface area contributed by atoms with Gasteiger partial charge < -0.3 is 0 Å². The van der Waals surface area contributed by atoms with E-state index in [1.807, 2.05) is 12.1 Å². The summed E-state index contributed by atoms with van der Waals surface area (Å²) in [5, 5.41) is 0.819. The maximum Gasteiger partial charge on any atom is 0.0406 e. The smallest absolute Gasteiger partial charge is 0.0406 e. The van der Waals surface area contributed by atoms with E-state index in [0.717, 1.165) is 5.02 Å². The van der Waals surface area contributed by atoms with Gasteiger partial charge in [0.25, 0.3) is 0 Å². The second-order valence-corrected chi connectivity index (χ2v) is 5.00.